The summed E-state index contributed by atoms with van der Waals surface area (Å²) < 4.78 is 37.8. The third kappa shape index (κ3) is 6.43. The number of aromatic nitrogens is 3. The monoisotopic (exact) mass is 473 g/mol. The number of fused-ring (bicyclic) bond motifs is 1. The Morgan fingerprint density at radius 2 is 2.03 bits per heavy atom. The fourth-order valence-electron chi connectivity index (χ4n) is 3.55. The van der Waals surface area contributed by atoms with Crippen LogP contribution in [0.25, 0.3) is 0 Å². The highest BCUT2D eigenvalue weighted by Crippen LogP contribution is 2.25. The van der Waals surface area contributed by atoms with Crippen LogP contribution >= 0.6 is 11.3 Å². The van der Waals surface area contributed by atoms with E-state index < -0.39 is 12.1 Å². The maximum Gasteiger partial charge on any atom is 0.490 e. The molecule has 0 aliphatic carbocycles. The second-order valence-electron chi connectivity index (χ2n) is 7.37. The quantitative estimate of drug-likeness (QED) is 0.720. The zero-order chi connectivity index (χ0) is 23.3. The minimum Gasteiger partial charge on any atom is -0.475 e. The van der Waals surface area contributed by atoms with Crippen LogP contribution in [-0.4, -0.2) is 86.8 Å². The lowest BCUT2D eigenvalue weighted by Crippen LogP contribution is -2.34. The van der Waals surface area contributed by atoms with E-state index in [4.69, 9.17) is 14.6 Å². The van der Waals surface area contributed by atoms with Gasteiger partial charge in [-0.3, -0.25) is 14.7 Å². The summed E-state index contributed by atoms with van der Waals surface area (Å²) in [6.07, 6.45) is -0.335. The molecule has 1 amide bonds. The van der Waals surface area contributed by atoms with Crippen molar-refractivity contribution >= 4 is 23.2 Å². The molecule has 2 aliphatic rings. The Kier molecular flexibility index (Phi) is 7.74. The first-order valence-electron chi connectivity index (χ1n) is 9.74. The first-order valence-corrected chi connectivity index (χ1v) is 10.6. The number of aryl methyl sites for hydroxylation is 1. The van der Waals surface area contributed by atoms with E-state index in [0.29, 0.717) is 31.3 Å². The largest absolute Gasteiger partial charge is 0.490 e. The van der Waals surface area contributed by atoms with Crippen molar-refractivity contribution in [3.8, 4) is 0 Å². The number of carbonyl (C=O) groups excluding carboxylic acids is 1. The van der Waals surface area contributed by atoms with Crippen LogP contribution in [0.1, 0.15) is 21.2 Å². The molecule has 0 aromatic carbocycles. The maximum atomic E-state index is 12.6. The van der Waals surface area contributed by atoms with E-state index in [1.54, 1.807) is 23.7 Å². The molecule has 2 aromatic heterocycles. The van der Waals surface area contributed by atoms with Crippen molar-refractivity contribution in [3.63, 3.8) is 0 Å². The normalized spacial score (nSPS) is 21.3. The van der Waals surface area contributed by atoms with Gasteiger partial charge in [0.25, 0.3) is 5.91 Å². The lowest BCUT2D eigenvalue weighted by Gasteiger charge is -2.22. The predicted molar refractivity (Wildman–Crippen MR) is 107 cm³/mol. The number of aliphatic carboxylic acids is 1. The number of nitrogens with zero attached hydrogens (tertiary/aromatic N) is 5. The molecule has 2 saturated heterocycles. The van der Waals surface area contributed by atoms with Crippen molar-refractivity contribution in [1.29, 1.82) is 0 Å². The van der Waals surface area contributed by atoms with Crippen molar-refractivity contribution in [2.24, 2.45) is 5.92 Å². The molecule has 4 heterocycles. The highest BCUT2D eigenvalue weighted by molar-refractivity contribution is 7.09. The van der Waals surface area contributed by atoms with Gasteiger partial charge >= 0.3 is 12.1 Å². The summed E-state index contributed by atoms with van der Waals surface area (Å²) in [5.41, 5.74) is 1.51. The summed E-state index contributed by atoms with van der Waals surface area (Å²) in [6.45, 7) is 6.72. The number of carboxylic acids is 1. The van der Waals surface area contributed by atoms with Crippen molar-refractivity contribution in [3.05, 3.63) is 40.4 Å². The van der Waals surface area contributed by atoms with E-state index in [2.05, 4.69) is 25.2 Å². The Bertz CT molecular complexity index is 927. The third-order valence-electron chi connectivity index (χ3n) is 4.98. The molecule has 1 N–H and O–H groups in total. The lowest BCUT2D eigenvalue weighted by molar-refractivity contribution is -0.192. The average molecular weight is 473 g/mol. The molecular weight excluding hydrogens is 451 g/mol. The molecular formula is C19H22F3N5O4S. The van der Waals surface area contributed by atoms with Gasteiger partial charge in [0.2, 0.25) is 0 Å². The van der Waals surface area contributed by atoms with Gasteiger partial charge in [0, 0.05) is 56.4 Å². The summed E-state index contributed by atoms with van der Waals surface area (Å²) in [4.78, 5) is 38.4. The number of hydrogen-bond acceptors (Lipinski definition) is 8. The molecule has 174 valence electrons. The van der Waals surface area contributed by atoms with Gasteiger partial charge in [-0.1, -0.05) is 0 Å². The average Bonchev–Trinajstić information content (AvgIpc) is 3.28. The number of thiazole rings is 1. The Labute approximate surface area is 185 Å². The Morgan fingerprint density at radius 3 is 2.62 bits per heavy atom. The van der Waals surface area contributed by atoms with Gasteiger partial charge in [-0.2, -0.15) is 13.2 Å². The number of likely N-dealkylation sites (tertiary alicyclic amines) is 1. The first-order chi connectivity index (χ1) is 15.1. The van der Waals surface area contributed by atoms with Crippen LogP contribution in [0.15, 0.2) is 24.0 Å². The molecule has 32 heavy (non-hydrogen) atoms. The van der Waals surface area contributed by atoms with Gasteiger partial charge in [0.15, 0.2) is 0 Å². The summed E-state index contributed by atoms with van der Waals surface area (Å²) in [6, 6.07) is 0. The fraction of sp³-hybridized carbons (Fsp3) is 0.526. The van der Waals surface area contributed by atoms with Gasteiger partial charge in [-0.15, -0.1) is 11.3 Å². The highest BCUT2D eigenvalue weighted by atomic mass is 32.1. The number of hydrogen-bond donors (Lipinski definition) is 1. The number of ether oxygens (including phenoxy) is 1. The number of alkyl halides is 3. The van der Waals surface area contributed by atoms with Crippen molar-refractivity contribution in [1.82, 2.24) is 24.8 Å². The number of carbonyl (C=O) groups is 2. The number of amides is 1. The molecule has 4 rings (SSSR count). The maximum absolute atomic E-state index is 12.6. The van der Waals surface area contributed by atoms with E-state index in [0.717, 1.165) is 30.3 Å². The Balaban J connectivity index is 0.000000360. The smallest absolute Gasteiger partial charge is 0.475 e. The molecule has 2 fully saturated rings. The summed E-state index contributed by atoms with van der Waals surface area (Å²) >= 11 is 1.68. The van der Waals surface area contributed by atoms with E-state index in [-0.39, 0.29) is 12.0 Å². The predicted octanol–water partition coefficient (Wildman–Crippen LogP) is 1.85. The van der Waals surface area contributed by atoms with Crippen molar-refractivity contribution < 1.29 is 32.6 Å². The molecule has 9 nitrogen and oxygen atoms in total. The molecule has 2 aromatic rings. The summed E-state index contributed by atoms with van der Waals surface area (Å²) in [7, 11) is 0. The topological polar surface area (TPSA) is 109 Å². The lowest BCUT2D eigenvalue weighted by atomic mass is 10.1. The van der Waals surface area contributed by atoms with E-state index in [1.165, 1.54) is 6.20 Å². The van der Waals surface area contributed by atoms with Crippen LogP contribution in [-0.2, 0) is 16.1 Å². The first kappa shape index (κ1) is 24.0. The molecule has 2 aliphatic heterocycles. The van der Waals surface area contributed by atoms with E-state index >= 15 is 0 Å². The second kappa shape index (κ2) is 10.3. The number of halogens is 3. The van der Waals surface area contributed by atoms with Crippen molar-refractivity contribution in [2.75, 3.05) is 32.8 Å². The van der Waals surface area contributed by atoms with Crippen LogP contribution in [0.2, 0.25) is 0 Å². The molecule has 0 bridgehead atoms. The van der Waals surface area contributed by atoms with Gasteiger partial charge in [-0.25, -0.2) is 14.8 Å². The Hall–Kier alpha value is -2.64. The summed E-state index contributed by atoms with van der Waals surface area (Å²) in [5, 5.41) is 10.3. The second-order valence-corrected chi connectivity index (χ2v) is 8.43. The number of carboxylic acid groups (broad SMARTS) is 1. The molecule has 2 atom stereocenters. The van der Waals surface area contributed by atoms with Gasteiger partial charge < -0.3 is 14.7 Å². The standard InChI is InChI=1S/C17H21N5O2S.C2HF3O2/c1-12-20-14(11-25-12)9-21-4-5-24-16-10-22(8-13(16)7-21)17(23)15-6-18-2-3-19-15;3-2(4,5)1(6)7/h2-3,6,11,13,16H,4-5,7-10H2,1H3;(H,6,7)/t13-,16+;/m0./s1. The minimum absolute atomic E-state index is 0.0635. The van der Waals surface area contributed by atoms with Crippen LogP contribution in [0.4, 0.5) is 13.2 Å². The molecule has 0 radical (unpaired) electrons. The molecule has 13 heteroatoms. The molecule has 0 unspecified atom stereocenters. The Morgan fingerprint density at radius 1 is 1.28 bits per heavy atom. The van der Waals surface area contributed by atoms with Crippen LogP contribution in [0.3, 0.4) is 0 Å². The van der Waals surface area contributed by atoms with Crippen LogP contribution in [0.5, 0.6) is 0 Å². The fourth-order valence-corrected chi connectivity index (χ4v) is 4.16. The summed E-state index contributed by atoms with van der Waals surface area (Å²) in [5.74, 6) is -2.50. The molecule has 0 spiro atoms. The van der Waals surface area contributed by atoms with Gasteiger partial charge in [-0.05, 0) is 6.92 Å². The SMILES string of the molecule is Cc1nc(CN2CCO[C@@H]3CN(C(=O)c4cnccn4)C[C@@H]3C2)cs1.O=C(O)C(F)(F)F. The van der Waals surface area contributed by atoms with Gasteiger partial charge in [0.1, 0.15) is 5.69 Å². The third-order valence-corrected chi connectivity index (χ3v) is 5.80. The highest BCUT2D eigenvalue weighted by Gasteiger charge is 2.39. The van der Waals surface area contributed by atoms with Crippen LogP contribution < -0.4 is 0 Å². The van der Waals surface area contributed by atoms with Crippen molar-refractivity contribution in [2.45, 2.75) is 25.7 Å². The minimum atomic E-state index is -5.08. The zero-order valence-corrected chi connectivity index (χ0v) is 18.0. The number of rotatable bonds is 3. The van der Waals surface area contributed by atoms with E-state index in [9.17, 15) is 18.0 Å². The van der Waals surface area contributed by atoms with Crippen LogP contribution in [0, 0.1) is 12.8 Å². The zero-order valence-electron chi connectivity index (χ0n) is 17.2. The molecule has 0 saturated carbocycles. The van der Waals surface area contributed by atoms with E-state index in [1.807, 2.05) is 11.8 Å². The van der Waals surface area contributed by atoms with Gasteiger partial charge in [0.05, 0.1) is 29.6 Å².